The first kappa shape index (κ1) is 17.3. The molecule has 0 unspecified atom stereocenters. The molecule has 2 aromatic carbocycles. The van der Waals surface area contributed by atoms with E-state index in [1.165, 1.54) is 6.92 Å². The second-order valence-electron chi connectivity index (χ2n) is 5.27. The van der Waals surface area contributed by atoms with Gasteiger partial charge in [-0.15, -0.1) is 0 Å². The minimum atomic E-state index is -0.948. The van der Waals surface area contributed by atoms with Crippen molar-refractivity contribution in [3.05, 3.63) is 66.2 Å². The number of para-hydroxylation sites is 1. The lowest BCUT2D eigenvalue weighted by Crippen LogP contribution is -2.29. The molecule has 0 heterocycles. The van der Waals surface area contributed by atoms with E-state index in [-0.39, 0.29) is 11.6 Å². The number of carboxylic acid groups (broad SMARTS) is 1. The number of aliphatic carboxylic acids is 1. The number of benzene rings is 2. The van der Waals surface area contributed by atoms with Crippen LogP contribution in [0.5, 0.6) is 0 Å². The number of hydrogen-bond donors (Lipinski definition) is 3. The average Bonchev–Trinajstić information content (AvgIpc) is 2.59. The maximum Gasteiger partial charge on any atom is 0.330 e. The number of urea groups is 1. The normalized spacial score (nSPS) is 11.0. The van der Waals surface area contributed by atoms with Crippen LogP contribution in [-0.4, -0.2) is 23.7 Å². The van der Waals surface area contributed by atoms with Gasteiger partial charge in [0.15, 0.2) is 0 Å². The Bertz CT molecular complexity index is 739. The molecule has 0 spiro atoms. The second kappa shape index (κ2) is 8.53. The number of nitrogens with one attached hydrogen (secondary N) is 2. The van der Waals surface area contributed by atoms with Gasteiger partial charge < -0.3 is 15.7 Å². The Balaban J connectivity index is 1.96. The van der Waals surface area contributed by atoms with Gasteiger partial charge in [0.05, 0.1) is 5.69 Å². The number of carbonyl (C=O) groups excluding carboxylic acids is 1. The Kier molecular flexibility index (Phi) is 6.14. The van der Waals surface area contributed by atoms with Gasteiger partial charge in [-0.25, -0.2) is 9.59 Å². The number of rotatable bonds is 6. The Morgan fingerprint density at radius 1 is 1.04 bits per heavy atom. The monoisotopic (exact) mass is 324 g/mol. The fraction of sp³-hybridized carbons (Fsp3) is 0.158. The molecule has 0 fully saturated rings. The summed E-state index contributed by atoms with van der Waals surface area (Å²) in [7, 11) is 0. The van der Waals surface area contributed by atoms with Crippen LogP contribution in [-0.2, 0) is 4.79 Å². The molecule has 0 aliphatic rings. The van der Waals surface area contributed by atoms with E-state index < -0.39 is 5.97 Å². The van der Waals surface area contributed by atoms with Crippen molar-refractivity contribution in [2.45, 2.75) is 13.3 Å². The molecule has 5 nitrogen and oxygen atoms in total. The predicted octanol–water partition coefficient (Wildman–Crippen LogP) is 3.90. The maximum absolute atomic E-state index is 12.0. The van der Waals surface area contributed by atoms with E-state index in [4.69, 9.17) is 5.11 Å². The molecule has 3 N–H and O–H groups in total. The second-order valence-corrected chi connectivity index (χ2v) is 5.27. The van der Waals surface area contributed by atoms with Crippen LogP contribution in [0.4, 0.5) is 10.5 Å². The molecule has 24 heavy (non-hydrogen) atoms. The van der Waals surface area contributed by atoms with Crippen LogP contribution in [0.25, 0.3) is 11.1 Å². The third kappa shape index (κ3) is 4.98. The largest absolute Gasteiger partial charge is 0.478 e. The van der Waals surface area contributed by atoms with E-state index >= 15 is 0 Å². The molecular formula is C19H20N2O3. The number of anilines is 1. The van der Waals surface area contributed by atoms with Gasteiger partial charge in [0.2, 0.25) is 0 Å². The molecule has 2 rings (SSSR count). The van der Waals surface area contributed by atoms with Crippen LogP contribution in [0.1, 0.15) is 13.3 Å². The lowest BCUT2D eigenvalue weighted by atomic mass is 10.0. The van der Waals surface area contributed by atoms with Crippen molar-refractivity contribution in [2.24, 2.45) is 0 Å². The highest BCUT2D eigenvalue weighted by molar-refractivity contribution is 5.94. The van der Waals surface area contributed by atoms with Crippen LogP contribution < -0.4 is 10.6 Å². The molecule has 0 saturated carbocycles. The molecular weight excluding hydrogens is 304 g/mol. The van der Waals surface area contributed by atoms with E-state index in [9.17, 15) is 9.59 Å². The van der Waals surface area contributed by atoms with Crippen LogP contribution in [0.2, 0.25) is 0 Å². The summed E-state index contributed by atoms with van der Waals surface area (Å²) in [5.41, 5.74) is 2.95. The van der Waals surface area contributed by atoms with Gasteiger partial charge >= 0.3 is 12.0 Å². The fourth-order valence-electron chi connectivity index (χ4n) is 2.19. The lowest BCUT2D eigenvalue weighted by molar-refractivity contribution is -0.132. The van der Waals surface area contributed by atoms with E-state index in [1.807, 2.05) is 54.6 Å². The standard InChI is InChI=1S/C19H20N2O3/c1-14(18(22)23)8-7-13-20-19(24)21-17-12-6-5-11-16(17)15-9-3-2-4-10-15/h2-6,8-12H,7,13H2,1H3,(H,22,23)(H2,20,21,24)/b14-8+. The van der Waals surface area contributed by atoms with Crippen LogP contribution in [0.15, 0.2) is 66.2 Å². The molecule has 0 saturated heterocycles. The minimum absolute atomic E-state index is 0.270. The molecule has 124 valence electrons. The van der Waals surface area contributed by atoms with Gasteiger partial charge in [0, 0.05) is 17.7 Å². The quantitative estimate of drug-likeness (QED) is 0.557. The first-order valence-corrected chi connectivity index (χ1v) is 7.67. The Morgan fingerprint density at radius 3 is 2.42 bits per heavy atom. The topological polar surface area (TPSA) is 78.4 Å². The van der Waals surface area contributed by atoms with E-state index in [0.29, 0.717) is 13.0 Å². The summed E-state index contributed by atoms with van der Waals surface area (Å²) >= 11 is 0. The van der Waals surface area contributed by atoms with Crippen LogP contribution >= 0.6 is 0 Å². The number of carbonyl (C=O) groups is 2. The van der Waals surface area contributed by atoms with Gasteiger partial charge in [-0.1, -0.05) is 54.6 Å². The van der Waals surface area contributed by atoms with E-state index in [1.54, 1.807) is 6.08 Å². The van der Waals surface area contributed by atoms with E-state index in [0.717, 1.165) is 16.8 Å². The third-order valence-electron chi connectivity index (χ3n) is 3.48. The van der Waals surface area contributed by atoms with Gasteiger partial charge in [-0.3, -0.25) is 0 Å². The van der Waals surface area contributed by atoms with Crippen molar-refractivity contribution in [2.75, 3.05) is 11.9 Å². The molecule has 0 aromatic heterocycles. The van der Waals surface area contributed by atoms with Gasteiger partial charge in [0.25, 0.3) is 0 Å². The van der Waals surface area contributed by atoms with Gasteiger partial charge in [-0.05, 0) is 25.0 Å². The number of carboxylic acids is 1. The molecule has 0 aliphatic heterocycles. The summed E-state index contributed by atoms with van der Waals surface area (Å²) in [6, 6.07) is 17.1. The van der Waals surface area contributed by atoms with Crippen molar-refractivity contribution < 1.29 is 14.7 Å². The Labute approximate surface area is 141 Å². The zero-order valence-corrected chi connectivity index (χ0v) is 13.5. The maximum atomic E-state index is 12.0. The highest BCUT2D eigenvalue weighted by Crippen LogP contribution is 2.27. The van der Waals surface area contributed by atoms with Crippen molar-refractivity contribution >= 4 is 17.7 Å². The first-order chi connectivity index (χ1) is 11.6. The Hall–Kier alpha value is -3.08. The molecule has 0 aliphatic carbocycles. The summed E-state index contributed by atoms with van der Waals surface area (Å²) in [4.78, 5) is 22.7. The number of hydrogen-bond acceptors (Lipinski definition) is 2. The summed E-state index contributed by atoms with van der Waals surface area (Å²) in [6.45, 7) is 1.89. The Morgan fingerprint density at radius 2 is 1.71 bits per heavy atom. The molecule has 2 aromatic rings. The summed E-state index contributed by atoms with van der Waals surface area (Å²) in [6.07, 6.45) is 2.05. The average molecular weight is 324 g/mol. The highest BCUT2D eigenvalue weighted by atomic mass is 16.4. The highest BCUT2D eigenvalue weighted by Gasteiger charge is 2.07. The summed E-state index contributed by atoms with van der Waals surface area (Å²) in [5.74, 6) is -0.948. The molecule has 0 atom stereocenters. The summed E-state index contributed by atoms with van der Waals surface area (Å²) in [5, 5.41) is 14.3. The SMILES string of the molecule is C/C(=C\CCNC(=O)Nc1ccccc1-c1ccccc1)C(=O)O. The van der Waals surface area contributed by atoms with Gasteiger partial charge in [-0.2, -0.15) is 0 Å². The van der Waals surface area contributed by atoms with Crippen molar-refractivity contribution in [3.8, 4) is 11.1 Å². The van der Waals surface area contributed by atoms with Crippen LogP contribution in [0, 0.1) is 0 Å². The lowest BCUT2D eigenvalue weighted by Gasteiger charge is -2.12. The van der Waals surface area contributed by atoms with Crippen molar-refractivity contribution in [3.63, 3.8) is 0 Å². The zero-order chi connectivity index (χ0) is 17.4. The first-order valence-electron chi connectivity index (χ1n) is 7.67. The predicted molar refractivity (Wildman–Crippen MR) is 94.9 cm³/mol. The van der Waals surface area contributed by atoms with Crippen LogP contribution in [0.3, 0.4) is 0 Å². The molecule has 0 bridgehead atoms. The summed E-state index contributed by atoms with van der Waals surface area (Å²) < 4.78 is 0. The number of amides is 2. The molecule has 0 radical (unpaired) electrons. The molecule has 2 amide bonds. The smallest absolute Gasteiger partial charge is 0.330 e. The van der Waals surface area contributed by atoms with Crippen molar-refractivity contribution in [1.82, 2.24) is 5.32 Å². The van der Waals surface area contributed by atoms with Crippen molar-refractivity contribution in [1.29, 1.82) is 0 Å². The fourth-order valence-corrected chi connectivity index (χ4v) is 2.19. The minimum Gasteiger partial charge on any atom is -0.478 e. The third-order valence-corrected chi connectivity index (χ3v) is 3.48. The molecule has 5 heteroatoms. The van der Waals surface area contributed by atoms with Gasteiger partial charge in [0.1, 0.15) is 0 Å². The van der Waals surface area contributed by atoms with E-state index in [2.05, 4.69) is 10.6 Å². The zero-order valence-electron chi connectivity index (χ0n) is 13.5.